The molecule has 2 N–H and O–H groups in total. The van der Waals surface area contributed by atoms with E-state index in [1.54, 1.807) is 0 Å². The van der Waals surface area contributed by atoms with E-state index in [-0.39, 0.29) is 0 Å². The van der Waals surface area contributed by atoms with Crippen molar-refractivity contribution in [3.63, 3.8) is 0 Å². The van der Waals surface area contributed by atoms with Crippen LogP contribution in [0.5, 0.6) is 0 Å². The number of hydrogen-bond acceptors (Lipinski definition) is 2. The first kappa shape index (κ1) is 12.9. The fourth-order valence-corrected chi connectivity index (χ4v) is 1.90. The predicted molar refractivity (Wildman–Crippen MR) is 65.3 cm³/mol. The van der Waals surface area contributed by atoms with Crippen molar-refractivity contribution in [3.05, 3.63) is 0 Å². The van der Waals surface area contributed by atoms with Crippen LogP contribution >= 0.6 is 0 Å². The number of unbranched alkanes of at least 4 members (excludes halogenated alkanes) is 1. The van der Waals surface area contributed by atoms with E-state index in [1.165, 1.54) is 32.2 Å². The highest BCUT2D eigenvalue weighted by Crippen LogP contribution is 2.02. The van der Waals surface area contributed by atoms with Gasteiger partial charge in [0.15, 0.2) is 0 Å². The third-order valence-corrected chi connectivity index (χ3v) is 2.86. The number of hydrogen-bond donors (Lipinski definition) is 2. The summed E-state index contributed by atoms with van der Waals surface area (Å²) in [4.78, 5) is 0. The van der Waals surface area contributed by atoms with Crippen LogP contribution in [0.1, 0.15) is 39.5 Å². The fraction of sp³-hybridized carbons (Fsp3) is 1.00. The molecule has 3 nitrogen and oxygen atoms in total. The van der Waals surface area contributed by atoms with Crippen LogP contribution in [0.25, 0.3) is 0 Å². The maximum absolute atomic E-state index is 4.35. The van der Waals surface area contributed by atoms with Gasteiger partial charge in [-0.2, -0.15) is 0 Å². The van der Waals surface area contributed by atoms with Gasteiger partial charge in [0, 0.05) is 25.2 Å². The number of piperidine rings is 1. The summed E-state index contributed by atoms with van der Waals surface area (Å²) in [5.41, 5.74) is 0. The zero-order valence-electron chi connectivity index (χ0n) is 10.3. The summed E-state index contributed by atoms with van der Waals surface area (Å²) in [6.07, 6.45) is 5.05. The van der Waals surface area contributed by atoms with E-state index in [4.69, 9.17) is 0 Å². The summed E-state index contributed by atoms with van der Waals surface area (Å²) in [7, 11) is 0. The summed E-state index contributed by atoms with van der Waals surface area (Å²) in [5, 5.41) is 11.4. The summed E-state index contributed by atoms with van der Waals surface area (Å²) in [6.45, 7) is 8.84. The van der Waals surface area contributed by atoms with Crippen LogP contribution in [-0.4, -0.2) is 38.3 Å². The molecule has 1 fully saturated rings. The zero-order chi connectivity index (χ0) is 10.9. The molecule has 1 aliphatic rings. The first-order chi connectivity index (χ1) is 7.29. The molecule has 1 aliphatic heterocycles. The number of nitrogens with zero attached hydrogens (tertiary/aromatic N) is 1. The van der Waals surface area contributed by atoms with Crippen LogP contribution in [0.2, 0.25) is 0 Å². The molecule has 1 saturated heterocycles. The summed E-state index contributed by atoms with van der Waals surface area (Å²) in [6, 6.07) is 1.36. The van der Waals surface area contributed by atoms with E-state index < -0.39 is 0 Å². The van der Waals surface area contributed by atoms with Crippen LogP contribution in [0.4, 0.5) is 0 Å². The van der Waals surface area contributed by atoms with Crippen molar-refractivity contribution in [3.8, 4) is 0 Å². The first-order valence-corrected chi connectivity index (χ1v) is 6.39. The van der Waals surface area contributed by atoms with Gasteiger partial charge >= 0.3 is 0 Å². The van der Waals surface area contributed by atoms with Crippen molar-refractivity contribution in [2.75, 3.05) is 26.2 Å². The number of nitrogens with one attached hydrogen (secondary N) is 2. The highest BCUT2D eigenvalue weighted by molar-refractivity contribution is 4.73. The third kappa shape index (κ3) is 6.88. The van der Waals surface area contributed by atoms with E-state index in [2.05, 4.69) is 29.8 Å². The normalized spacial score (nSPS) is 18.6. The average molecular weight is 212 g/mol. The summed E-state index contributed by atoms with van der Waals surface area (Å²) in [5.74, 6) is 0. The second kappa shape index (κ2) is 8.08. The van der Waals surface area contributed by atoms with Crippen LogP contribution in [0.3, 0.4) is 0 Å². The van der Waals surface area contributed by atoms with Crippen LogP contribution in [-0.2, 0) is 0 Å². The van der Waals surface area contributed by atoms with Crippen molar-refractivity contribution < 1.29 is 0 Å². The standard InChI is InChI=1S/C12H26N3/c1-11(2)14-7-3-4-8-15-12-5-9-13-10-6-12/h11-12,14-15H,3-10H2,1-2H3. The van der Waals surface area contributed by atoms with Gasteiger partial charge in [0.2, 0.25) is 0 Å². The average Bonchev–Trinajstić information content (AvgIpc) is 2.24. The topological polar surface area (TPSA) is 38.2 Å². The Kier molecular flexibility index (Phi) is 6.98. The van der Waals surface area contributed by atoms with Crippen molar-refractivity contribution in [2.24, 2.45) is 0 Å². The molecule has 0 aromatic rings. The Labute approximate surface area is 94.4 Å². The van der Waals surface area contributed by atoms with E-state index >= 15 is 0 Å². The van der Waals surface area contributed by atoms with Gasteiger partial charge in [-0.25, -0.2) is 5.32 Å². The van der Waals surface area contributed by atoms with Crippen LogP contribution in [0.15, 0.2) is 0 Å². The molecule has 89 valence electrons. The SMILES string of the molecule is CC(C)NCCCCNC1CC[N]CC1. The Morgan fingerprint density at radius 1 is 1.13 bits per heavy atom. The van der Waals surface area contributed by atoms with Gasteiger partial charge in [-0.05, 0) is 38.8 Å². The van der Waals surface area contributed by atoms with Gasteiger partial charge in [-0.15, -0.1) is 0 Å². The number of rotatable bonds is 7. The fourth-order valence-electron chi connectivity index (χ4n) is 1.90. The molecule has 0 aromatic heterocycles. The summed E-state index contributed by atoms with van der Waals surface area (Å²) >= 11 is 0. The molecule has 0 saturated carbocycles. The monoisotopic (exact) mass is 212 g/mol. The van der Waals surface area contributed by atoms with Crippen molar-refractivity contribution in [2.45, 2.75) is 51.6 Å². The zero-order valence-corrected chi connectivity index (χ0v) is 10.3. The van der Waals surface area contributed by atoms with Gasteiger partial charge in [-0.3, -0.25) is 0 Å². The smallest absolute Gasteiger partial charge is 0.0148 e. The lowest BCUT2D eigenvalue weighted by atomic mass is 10.1. The highest BCUT2D eigenvalue weighted by atomic mass is 15.0. The van der Waals surface area contributed by atoms with Gasteiger partial charge in [0.25, 0.3) is 0 Å². The van der Waals surface area contributed by atoms with Crippen molar-refractivity contribution >= 4 is 0 Å². The minimum Gasteiger partial charge on any atom is -0.315 e. The van der Waals surface area contributed by atoms with Gasteiger partial charge < -0.3 is 10.6 Å². The maximum Gasteiger partial charge on any atom is 0.0148 e. The Morgan fingerprint density at radius 2 is 1.80 bits per heavy atom. The molecule has 0 aromatic carbocycles. The van der Waals surface area contributed by atoms with E-state index in [1.807, 2.05) is 0 Å². The van der Waals surface area contributed by atoms with Crippen molar-refractivity contribution in [1.29, 1.82) is 0 Å². The molecule has 0 amide bonds. The lowest BCUT2D eigenvalue weighted by molar-refractivity contribution is 0.379. The molecule has 0 bridgehead atoms. The van der Waals surface area contributed by atoms with Gasteiger partial charge in [-0.1, -0.05) is 13.8 Å². The predicted octanol–water partition coefficient (Wildman–Crippen LogP) is 1.12. The quantitative estimate of drug-likeness (QED) is 0.621. The van der Waals surface area contributed by atoms with Crippen LogP contribution in [0, 0.1) is 0 Å². The minimum atomic E-state index is 0.623. The third-order valence-electron chi connectivity index (χ3n) is 2.86. The molecular weight excluding hydrogens is 186 g/mol. The molecule has 1 rings (SSSR count). The van der Waals surface area contributed by atoms with Crippen molar-refractivity contribution in [1.82, 2.24) is 16.0 Å². The minimum absolute atomic E-state index is 0.623. The molecule has 1 heterocycles. The summed E-state index contributed by atoms with van der Waals surface area (Å²) < 4.78 is 0. The van der Waals surface area contributed by atoms with E-state index in [9.17, 15) is 0 Å². The largest absolute Gasteiger partial charge is 0.315 e. The Hall–Kier alpha value is -0.120. The molecular formula is C12H26N3. The van der Waals surface area contributed by atoms with E-state index in [0.29, 0.717) is 6.04 Å². The van der Waals surface area contributed by atoms with E-state index in [0.717, 1.165) is 25.7 Å². The second-order valence-corrected chi connectivity index (χ2v) is 4.72. The van der Waals surface area contributed by atoms with Crippen LogP contribution < -0.4 is 16.0 Å². The Bertz CT molecular complexity index is 142. The molecule has 15 heavy (non-hydrogen) atoms. The molecule has 0 unspecified atom stereocenters. The molecule has 0 spiro atoms. The van der Waals surface area contributed by atoms with Gasteiger partial charge in [0.05, 0.1) is 0 Å². The molecule has 1 radical (unpaired) electrons. The molecule has 3 heteroatoms. The lowest BCUT2D eigenvalue weighted by Gasteiger charge is -2.22. The Morgan fingerprint density at radius 3 is 2.47 bits per heavy atom. The maximum atomic E-state index is 4.35. The lowest BCUT2D eigenvalue weighted by Crippen LogP contribution is -2.38. The first-order valence-electron chi connectivity index (χ1n) is 6.39. The Balaban J connectivity index is 1.83. The highest BCUT2D eigenvalue weighted by Gasteiger charge is 2.11. The molecule has 0 atom stereocenters. The molecule has 0 aliphatic carbocycles. The second-order valence-electron chi connectivity index (χ2n) is 4.72. The van der Waals surface area contributed by atoms with Gasteiger partial charge in [0.1, 0.15) is 0 Å².